The molecule has 0 saturated heterocycles. The summed E-state index contributed by atoms with van der Waals surface area (Å²) in [6.45, 7) is 1.20. The van der Waals surface area contributed by atoms with E-state index < -0.39 is 10.0 Å². The molecule has 0 aliphatic heterocycles. The lowest BCUT2D eigenvalue weighted by atomic mass is 10.2. The molecule has 0 saturated carbocycles. The van der Waals surface area contributed by atoms with E-state index in [1.54, 1.807) is 0 Å². The molecule has 1 aromatic carbocycles. The smallest absolute Gasteiger partial charge is 0.209 e. The summed E-state index contributed by atoms with van der Waals surface area (Å²) in [6.07, 6.45) is 2.25. The van der Waals surface area contributed by atoms with Crippen LogP contribution in [0.1, 0.15) is 24.8 Å². The van der Waals surface area contributed by atoms with E-state index in [0.29, 0.717) is 19.6 Å². The molecule has 0 fully saturated rings. The quantitative estimate of drug-likeness (QED) is 0.741. The van der Waals surface area contributed by atoms with Crippen LogP contribution >= 0.6 is 15.9 Å². The van der Waals surface area contributed by atoms with Crippen molar-refractivity contribution in [2.45, 2.75) is 25.9 Å². The molecule has 2 N–H and O–H groups in total. The Balaban J connectivity index is 2.08. The van der Waals surface area contributed by atoms with Gasteiger partial charge < -0.3 is 4.74 Å². The van der Waals surface area contributed by atoms with Crippen molar-refractivity contribution >= 4 is 26.0 Å². The molecule has 0 unspecified atom stereocenters. The van der Waals surface area contributed by atoms with Gasteiger partial charge in [-0.25, -0.2) is 13.6 Å². The van der Waals surface area contributed by atoms with E-state index in [4.69, 9.17) is 9.88 Å². The summed E-state index contributed by atoms with van der Waals surface area (Å²) in [6, 6.07) is 7.91. The maximum atomic E-state index is 10.7. The first-order valence-electron chi connectivity index (χ1n) is 5.80. The van der Waals surface area contributed by atoms with Crippen molar-refractivity contribution in [3.05, 3.63) is 34.3 Å². The first kappa shape index (κ1) is 15.6. The van der Waals surface area contributed by atoms with Crippen molar-refractivity contribution in [1.82, 2.24) is 0 Å². The number of sulfonamides is 1. The summed E-state index contributed by atoms with van der Waals surface area (Å²) in [5, 5.41) is 4.90. The summed E-state index contributed by atoms with van der Waals surface area (Å²) >= 11 is 3.45. The molecule has 0 radical (unpaired) electrons. The van der Waals surface area contributed by atoms with Gasteiger partial charge in [-0.05, 0) is 24.5 Å². The normalized spacial score (nSPS) is 11.7. The molecule has 18 heavy (non-hydrogen) atoms. The largest absolute Gasteiger partial charge is 0.377 e. The van der Waals surface area contributed by atoms with Gasteiger partial charge in [-0.2, -0.15) is 0 Å². The molecule has 1 aromatic rings. The van der Waals surface area contributed by atoms with Gasteiger partial charge in [-0.3, -0.25) is 0 Å². The Morgan fingerprint density at radius 2 is 1.89 bits per heavy atom. The predicted molar refractivity (Wildman–Crippen MR) is 75.6 cm³/mol. The van der Waals surface area contributed by atoms with E-state index in [1.807, 2.05) is 24.3 Å². The van der Waals surface area contributed by atoms with Crippen LogP contribution in [-0.2, 0) is 21.4 Å². The second-order valence-electron chi connectivity index (χ2n) is 4.07. The van der Waals surface area contributed by atoms with Crippen LogP contribution in [0.3, 0.4) is 0 Å². The molecule has 6 heteroatoms. The van der Waals surface area contributed by atoms with E-state index in [1.165, 1.54) is 0 Å². The standard InChI is InChI=1S/C12H18BrNO3S/c13-12-7-3-2-6-11(12)10-17-8-4-1-5-9-18(14,15)16/h2-3,6-7H,1,4-5,8-10H2,(H2,14,15,16). The van der Waals surface area contributed by atoms with Gasteiger partial charge in [0.15, 0.2) is 0 Å². The van der Waals surface area contributed by atoms with Crippen molar-refractivity contribution < 1.29 is 13.2 Å². The maximum absolute atomic E-state index is 10.7. The number of halogens is 1. The molecular formula is C12H18BrNO3S. The van der Waals surface area contributed by atoms with Crippen LogP contribution in [0.2, 0.25) is 0 Å². The second-order valence-corrected chi connectivity index (χ2v) is 6.66. The third-order valence-corrected chi connectivity index (χ3v) is 4.06. The summed E-state index contributed by atoms with van der Waals surface area (Å²) in [7, 11) is -3.31. The molecule has 0 aliphatic carbocycles. The molecule has 0 aliphatic rings. The highest BCUT2D eigenvalue weighted by molar-refractivity contribution is 9.10. The van der Waals surface area contributed by atoms with Gasteiger partial charge in [0.2, 0.25) is 10.0 Å². The Morgan fingerprint density at radius 1 is 1.17 bits per heavy atom. The SMILES string of the molecule is NS(=O)(=O)CCCCCOCc1ccccc1Br. The molecule has 0 atom stereocenters. The van der Waals surface area contributed by atoms with E-state index >= 15 is 0 Å². The summed E-state index contributed by atoms with van der Waals surface area (Å²) in [4.78, 5) is 0. The van der Waals surface area contributed by atoms with Gasteiger partial charge >= 0.3 is 0 Å². The number of nitrogens with two attached hydrogens (primary N) is 1. The number of hydrogen-bond donors (Lipinski definition) is 1. The molecule has 0 bridgehead atoms. The van der Waals surface area contributed by atoms with Crippen molar-refractivity contribution in [2.75, 3.05) is 12.4 Å². The van der Waals surface area contributed by atoms with Crippen LogP contribution in [-0.4, -0.2) is 20.8 Å². The van der Waals surface area contributed by atoms with Crippen LogP contribution in [0.5, 0.6) is 0 Å². The first-order chi connectivity index (χ1) is 8.49. The van der Waals surface area contributed by atoms with Crippen molar-refractivity contribution in [1.29, 1.82) is 0 Å². The van der Waals surface area contributed by atoms with Crippen molar-refractivity contribution in [3.63, 3.8) is 0 Å². The fourth-order valence-corrected chi connectivity index (χ4v) is 2.49. The van der Waals surface area contributed by atoms with Gasteiger partial charge in [-0.1, -0.05) is 40.5 Å². The predicted octanol–water partition coefficient (Wildman–Crippen LogP) is 2.42. The van der Waals surface area contributed by atoms with Crippen LogP contribution in [0, 0.1) is 0 Å². The third-order valence-electron chi connectivity index (χ3n) is 2.43. The minimum atomic E-state index is -3.31. The maximum Gasteiger partial charge on any atom is 0.209 e. The first-order valence-corrected chi connectivity index (χ1v) is 8.31. The summed E-state index contributed by atoms with van der Waals surface area (Å²) in [5.74, 6) is 0.0528. The molecule has 4 nitrogen and oxygen atoms in total. The fraction of sp³-hybridized carbons (Fsp3) is 0.500. The van der Waals surface area contributed by atoms with Crippen LogP contribution in [0.15, 0.2) is 28.7 Å². The highest BCUT2D eigenvalue weighted by Gasteiger charge is 2.02. The zero-order valence-corrected chi connectivity index (χ0v) is 12.5. The summed E-state index contributed by atoms with van der Waals surface area (Å²) < 4.78 is 27.9. The molecule has 0 spiro atoms. The highest BCUT2D eigenvalue weighted by Crippen LogP contribution is 2.16. The molecule has 0 aromatic heterocycles. The molecule has 1 rings (SSSR count). The van der Waals surface area contributed by atoms with E-state index in [0.717, 1.165) is 22.9 Å². The zero-order valence-electron chi connectivity index (χ0n) is 10.1. The monoisotopic (exact) mass is 335 g/mol. The van der Waals surface area contributed by atoms with Gasteiger partial charge in [0.25, 0.3) is 0 Å². The minimum Gasteiger partial charge on any atom is -0.377 e. The lowest BCUT2D eigenvalue weighted by Gasteiger charge is -2.06. The number of benzene rings is 1. The minimum absolute atomic E-state index is 0.0528. The summed E-state index contributed by atoms with van der Waals surface area (Å²) in [5.41, 5.74) is 1.11. The molecule has 102 valence electrons. The van der Waals surface area contributed by atoms with Gasteiger partial charge in [0, 0.05) is 11.1 Å². The number of rotatable bonds is 8. The lowest BCUT2D eigenvalue weighted by Crippen LogP contribution is -2.16. The highest BCUT2D eigenvalue weighted by atomic mass is 79.9. The number of ether oxygens (including phenoxy) is 1. The Bertz CT molecular complexity index is 462. The van der Waals surface area contributed by atoms with Crippen LogP contribution in [0.25, 0.3) is 0 Å². The van der Waals surface area contributed by atoms with E-state index in [-0.39, 0.29) is 5.75 Å². The Morgan fingerprint density at radius 3 is 2.56 bits per heavy atom. The Hall–Kier alpha value is -0.430. The lowest BCUT2D eigenvalue weighted by molar-refractivity contribution is 0.116. The van der Waals surface area contributed by atoms with Gasteiger partial charge in [-0.15, -0.1) is 0 Å². The third kappa shape index (κ3) is 7.10. The number of hydrogen-bond acceptors (Lipinski definition) is 3. The van der Waals surface area contributed by atoms with Gasteiger partial charge in [0.05, 0.1) is 12.4 Å². The van der Waals surface area contributed by atoms with E-state index in [9.17, 15) is 8.42 Å². The second kappa shape index (κ2) is 7.89. The number of unbranched alkanes of at least 4 members (excludes halogenated alkanes) is 2. The zero-order chi connectivity index (χ0) is 13.4. The van der Waals surface area contributed by atoms with Crippen LogP contribution in [0.4, 0.5) is 0 Å². The molecule has 0 heterocycles. The van der Waals surface area contributed by atoms with Crippen molar-refractivity contribution in [2.24, 2.45) is 5.14 Å². The average molecular weight is 336 g/mol. The van der Waals surface area contributed by atoms with E-state index in [2.05, 4.69) is 15.9 Å². The Labute approximate surface area is 117 Å². The fourth-order valence-electron chi connectivity index (χ4n) is 1.48. The van der Waals surface area contributed by atoms with Gasteiger partial charge in [0.1, 0.15) is 0 Å². The van der Waals surface area contributed by atoms with Crippen molar-refractivity contribution in [3.8, 4) is 0 Å². The number of primary sulfonamides is 1. The topological polar surface area (TPSA) is 69.4 Å². The average Bonchev–Trinajstić information content (AvgIpc) is 2.28. The van der Waals surface area contributed by atoms with Crippen LogP contribution < -0.4 is 5.14 Å². The molecule has 0 amide bonds. The Kier molecular flexibility index (Phi) is 6.85. The molecular weight excluding hydrogens is 318 g/mol.